The Bertz CT molecular complexity index is 1710. The van der Waals surface area contributed by atoms with Gasteiger partial charge in [0.25, 0.3) is 5.91 Å². The van der Waals surface area contributed by atoms with E-state index < -0.39 is 23.3 Å². The lowest BCUT2D eigenvalue weighted by Gasteiger charge is -2.26. The second-order valence-electron chi connectivity index (χ2n) is 11.9. The van der Waals surface area contributed by atoms with E-state index in [-0.39, 0.29) is 42.2 Å². The van der Waals surface area contributed by atoms with Crippen LogP contribution in [0.3, 0.4) is 0 Å². The number of anilines is 2. The van der Waals surface area contributed by atoms with Crippen molar-refractivity contribution in [3.63, 3.8) is 0 Å². The Kier molecular flexibility index (Phi) is 8.06. The molecule has 0 N–H and O–H groups in total. The van der Waals surface area contributed by atoms with Gasteiger partial charge in [-0.25, -0.2) is 23.5 Å². The SMILES string of the molecule is CC(C)N(C)c1cc2c(c(CN(C)C(=O)OC(C)(C)C)n1)CN(c1cccc(-c3nncn3-c3c(F)cccc3F)n1)C2=O. The minimum absolute atomic E-state index is 0.0968. The number of amides is 2. The van der Waals surface area contributed by atoms with Crippen molar-refractivity contribution in [1.82, 2.24) is 29.6 Å². The number of rotatable bonds is 7. The van der Waals surface area contributed by atoms with Crippen LogP contribution in [0.5, 0.6) is 0 Å². The van der Waals surface area contributed by atoms with Gasteiger partial charge in [-0.2, -0.15) is 0 Å². The standard InChI is InChI=1S/C31H34F2N8O3/c1-18(2)39(7)26-14-19-20(24(36-26)16-38(6)30(43)44-31(3,4)5)15-40(29(19)42)25-13-9-12-23(35-25)28-37-34-17-41(28)27-21(32)10-8-11-22(27)33/h8-14,17-18H,15-16H2,1-7H3. The highest BCUT2D eigenvalue weighted by atomic mass is 19.1. The third-order valence-electron chi connectivity index (χ3n) is 7.18. The summed E-state index contributed by atoms with van der Waals surface area (Å²) in [6.45, 7) is 9.66. The van der Waals surface area contributed by atoms with E-state index >= 15 is 0 Å². The Morgan fingerprint density at radius 1 is 1.07 bits per heavy atom. The van der Waals surface area contributed by atoms with Crippen LogP contribution >= 0.6 is 0 Å². The number of carbonyl (C=O) groups is 2. The summed E-state index contributed by atoms with van der Waals surface area (Å²) < 4.78 is 35.9. The van der Waals surface area contributed by atoms with Gasteiger partial charge in [0.2, 0.25) is 0 Å². The van der Waals surface area contributed by atoms with E-state index in [0.29, 0.717) is 28.5 Å². The molecule has 0 saturated heterocycles. The van der Waals surface area contributed by atoms with Crippen LogP contribution in [0.4, 0.5) is 25.2 Å². The molecule has 0 fully saturated rings. The van der Waals surface area contributed by atoms with E-state index in [4.69, 9.17) is 9.72 Å². The van der Waals surface area contributed by atoms with Crippen molar-refractivity contribution in [3.8, 4) is 17.2 Å². The third kappa shape index (κ3) is 5.94. The van der Waals surface area contributed by atoms with Crippen LogP contribution in [0.15, 0.2) is 48.8 Å². The van der Waals surface area contributed by atoms with Crippen molar-refractivity contribution < 1.29 is 23.1 Å². The van der Waals surface area contributed by atoms with Gasteiger partial charge in [0, 0.05) is 25.7 Å². The largest absolute Gasteiger partial charge is 0.444 e. The van der Waals surface area contributed by atoms with Gasteiger partial charge in [-0.3, -0.25) is 14.3 Å². The van der Waals surface area contributed by atoms with Crippen LogP contribution in [-0.4, -0.2) is 67.4 Å². The highest BCUT2D eigenvalue weighted by Crippen LogP contribution is 2.33. The molecule has 1 aliphatic rings. The molecule has 230 valence electrons. The Balaban J connectivity index is 1.51. The molecule has 4 aromatic rings. The lowest BCUT2D eigenvalue weighted by atomic mass is 10.1. The lowest BCUT2D eigenvalue weighted by Crippen LogP contribution is -2.34. The van der Waals surface area contributed by atoms with Crippen LogP contribution < -0.4 is 9.80 Å². The number of hydrogen-bond donors (Lipinski definition) is 0. The monoisotopic (exact) mass is 604 g/mol. The summed E-state index contributed by atoms with van der Waals surface area (Å²) >= 11 is 0. The zero-order valence-corrected chi connectivity index (χ0v) is 25.7. The number of nitrogens with zero attached hydrogens (tertiary/aromatic N) is 8. The summed E-state index contributed by atoms with van der Waals surface area (Å²) in [5, 5.41) is 7.91. The molecule has 11 nitrogen and oxygen atoms in total. The third-order valence-corrected chi connectivity index (χ3v) is 7.18. The maximum atomic E-state index is 14.6. The van der Waals surface area contributed by atoms with Gasteiger partial charge in [-0.1, -0.05) is 12.1 Å². The summed E-state index contributed by atoms with van der Waals surface area (Å²) in [5.74, 6) is -0.881. The van der Waals surface area contributed by atoms with Crippen molar-refractivity contribution in [2.45, 2.75) is 59.4 Å². The van der Waals surface area contributed by atoms with Crippen LogP contribution in [0.25, 0.3) is 17.2 Å². The smallest absolute Gasteiger partial charge is 0.410 e. The fourth-order valence-corrected chi connectivity index (χ4v) is 4.73. The molecule has 0 unspecified atom stereocenters. The number of benzene rings is 1. The number of para-hydroxylation sites is 1. The average molecular weight is 605 g/mol. The van der Waals surface area contributed by atoms with Crippen molar-refractivity contribution in [2.24, 2.45) is 0 Å². The molecule has 3 aromatic heterocycles. The number of hydrogen-bond acceptors (Lipinski definition) is 8. The molecule has 13 heteroatoms. The van der Waals surface area contributed by atoms with Crippen molar-refractivity contribution in [1.29, 1.82) is 0 Å². The van der Waals surface area contributed by atoms with Crippen LogP contribution in [0, 0.1) is 11.6 Å². The van der Waals surface area contributed by atoms with Crippen LogP contribution in [-0.2, 0) is 17.8 Å². The molecule has 5 rings (SSSR count). The molecule has 0 spiro atoms. The van der Waals surface area contributed by atoms with Gasteiger partial charge < -0.3 is 14.5 Å². The van der Waals surface area contributed by atoms with Gasteiger partial charge in [-0.05, 0) is 65.0 Å². The van der Waals surface area contributed by atoms with Gasteiger partial charge >= 0.3 is 6.09 Å². The summed E-state index contributed by atoms with van der Waals surface area (Å²) in [5.41, 5.74) is 0.909. The highest BCUT2D eigenvalue weighted by Gasteiger charge is 2.34. The first-order valence-electron chi connectivity index (χ1n) is 14.1. The molecular formula is C31H34F2N8O3. The second-order valence-corrected chi connectivity index (χ2v) is 11.9. The molecular weight excluding hydrogens is 570 g/mol. The predicted molar refractivity (Wildman–Crippen MR) is 160 cm³/mol. The number of aromatic nitrogens is 5. The number of pyridine rings is 2. The van der Waals surface area contributed by atoms with E-state index in [9.17, 15) is 18.4 Å². The molecule has 0 bridgehead atoms. The van der Waals surface area contributed by atoms with Gasteiger partial charge in [0.05, 0.1) is 24.3 Å². The Hall–Kier alpha value is -4.94. The maximum Gasteiger partial charge on any atom is 0.410 e. The molecule has 0 radical (unpaired) electrons. The summed E-state index contributed by atoms with van der Waals surface area (Å²) in [7, 11) is 3.51. The van der Waals surface area contributed by atoms with E-state index in [1.807, 2.05) is 25.8 Å². The maximum absolute atomic E-state index is 14.6. The van der Waals surface area contributed by atoms with Gasteiger partial charge in [0.1, 0.15) is 46.6 Å². The summed E-state index contributed by atoms with van der Waals surface area (Å²) in [4.78, 5) is 41.0. The first-order valence-corrected chi connectivity index (χ1v) is 14.1. The second kappa shape index (κ2) is 11.6. The fourth-order valence-electron chi connectivity index (χ4n) is 4.73. The number of halogens is 2. The quantitative estimate of drug-likeness (QED) is 0.277. The van der Waals surface area contributed by atoms with Gasteiger partial charge in [0.15, 0.2) is 5.82 Å². The number of ether oxygens (including phenoxy) is 1. The Labute approximate surface area is 254 Å². The van der Waals surface area contributed by atoms with E-state index in [0.717, 1.165) is 12.1 Å². The Morgan fingerprint density at radius 3 is 2.41 bits per heavy atom. The first kappa shape index (κ1) is 30.5. The van der Waals surface area contributed by atoms with Gasteiger partial charge in [-0.15, -0.1) is 10.2 Å². The fraction of sp³-hybridized carbons (Fsp3) is 0.355. The molecule has 1 aliphatic heterocycles. The molecule has 0 aliphatic carbocycles. The molecule has 1 aromatic carbocycles. The van der Waals surface area contributed by atoms with Crippen molar-refractivity contribution >= 4 is 23.6 Å². The van der Waals surface area contributed by atoms with E-state index in [1.54, 1.807) is 52.1 Å². The molecule has 0 saturated carbocycles. The van der Waals surface area contributed by atoms with Crippen LogP contribution in [0.2, 0.25) is 0 Å². The van der Waals surface area contributed by atoms with Crippen molar-refractivity contribution in [3.05, 3.63) is 77.2 Å². The topological polar surface area (TPSA) is 110 Å². The summed E-state index contributed by atoms with van der Waals surface area (Å²) in [6.07, 6.45) is 0.690. The predicted octanol–water partition coefficient (Wildman–Crippen LogP) is 5.37. The minimum Gasteiger partial charge on any atom is -0.444 e. The molecule has 4 heterocycles. The lowest BCUT2D eigenvalue weighted by molar-refractivity contribution is 0.0282. The first-order chi connectivity index (χ1) is 20.7. The van der Waals surface area contributed by atoms with E-state index in [2.05, 4.69) is 15.2 Å². The van der Waals surface area contributed by atoms with E-state index in [1.165, 1.54) is 26.8 Å². The minimum atomic E-state index is -0.786. The normalized spacial score (nSPS) is 13.0. The number of fused-ring (bicyclic) bond motifs is 1. The number of carbonyl (C=O) groups excluding carboxylic acids is 2. The summed E-state index contributed by atoms with van der Waals surface area (Å²) in [6, 6.07) is 10.4. The zero-order valence-electron chi connectivity index (χ0n) is 25.7. The van der Waals surface area contributed by atoms with Crippen molar-refractivity contribution in [2.75, 3.05) is 23.9 Å². The Morgan fingerprint density at radius 2 is 1.75 bits per heavy atom. The molecule has 44 heavy (non-hydrogen) atoms. The van der Waals surface area contributed by atoms with Crippen LogP contribution in [0.1, 0.15) is 56.2 Å². The average Bonchev–Trinajstić information content (AvgIpc) is 3.56. The molecule has 2 amide bonds. The highest BCUT2D eigenvalue weighted by molar-refractivity contribution is 6.10. The zero-order chi connectivity index (χ0) is 31.9. The molecule has 0 atom stereocenters.